The predicted octanol–water partition coefficient (Wildman–Crippen LogP) is 11.3. The first-order valence-corrected chi connectivity index (χ1v) is 20.4. The van der Waals surface area contributed by atoms with Gasteiger partial charge in [0, 0.05) is 36.7 Å². The molecule has 0 fully saturated rings. The quantitative estimate of drug-likeness (QED) is 0.168. The molecule has 0 amide bonds. The fourth-order valence-corrected chi connectivity index (χ4v) is 11.6. The van der Waals surface area contributed by atoms with Gasteiger partial charge in [-0.05, 0) is 58.1 Å². The molecule has 1 aliphatic heterocycles. The highest BCUT2D eigenvalue weighted by Crippen LogP contribution is 2.48. The molecular weight excluding hydrogens is 725 g/mol. The van der Waals surface area contributed by atoms with Crippen LogP contribution < -0.4 is 5.36 Å². The molecule has 0 unspecified atom stereocenters. The van der Waals surface area contributed by atoms with Gasteiger partial charge in [0.2, 0.25) is 5.88 Å². The van der Waals surface area contributed by atoms with E-state index >= 15 is 0 Å². The highest BCUT2D eigenvalue weighted by molar-refractivity contribution is 14.2. The number of hydrogen-bond donors (Lipinski definition) is 0. The minimum atomic E-state index is -1.85. The van der Waals surface area contributed by atoms with E-state index in [-0.39, 0.29) is 5.92 Å². The molecule has 0 spiro atoms. The molecule has 0 N–H and O–H groups in total. The highest BCUT2D eigenvalue weighted by atomic mass is 127. The standard InChI is InChI=1S/C45H30IN3O/c1-27-34-15-6-7-16-35(34)43-40(27)42(29-11-4-3-5-12-29)48-44(49-43)30-21-19-28(20-22-30)31-13-10-14-32(25-31)33-23-24-36-39(26-33)50-45-41(36)46(2)37-17-8-9-18-38(37)47-45/h3-27H,2H2,1H3/t27-/m0/s1. The fourth-order valence-electron chi connectivity index (χ4n) is 7.44. The van der Waals surface area contributed by atoms with Gasteiger partial charge in [-0.2, -0.15) is 0 Å². The molecule has 1 atom stereocenters. The normalized spacial score (nSPS) is 14.5. The minimum absolute atomic E-state index is 0.230. The molecule has 0 saturated heterocycles. The van der Waals surface area contributed by atoms with Crippen molar-refractivity contribution in [3.05, 3.63) is 169 Å². The zero-order valence-corrected chi connectivity index (χ0v) is 29.4. The summed E-state index contributed by atoms with van der Waals surface area (Å²) in [6, 6.07) is 51.3. The van der Waals surface area contributed by atoms with Crippen molar-refractivity contribution in [3.63, 3.8) is 0 Å². The van der Waals surface area contributed by atoms with Crippen molar-refractivity contribution in [2.24, 2.45) is 4.99 Å². The number of rotatable bonds is 4. The van der Waals surface area contributed by atoms with Gasteiger partial charge in [-0.1, -0.05) is 127 Å². The van der Waals surface area contributed by atoms with Crippen LogP contribution in [0.3, 0.4) is 0 Å². The van der Waals surface area contributed by atoms with Crippen LogP contribution in [0.4, 0.5) is 5.88 Å². The van der Waals surface area contributed by atoms with Gasteiger partial charge in [0.1, 0.15) is 5.58 Å². The largest absolute Gasteiger partial charge is 0.437 e. The molecule has 5 heteroatoms. The monoisotopic (exact) mass is 755 g/mol. The topological polar surface area (TPSA) is 51.3 Å². The van der Waals surface area contributed by atoms with Crippen LogP contribution in [0.15, 0.2) is 155 Å². The van der Waals surface area contributed by atoms with Crippen LogP contribution in [0.2, 0.25) is 0 Å². The lowest BCUT2D eigenvalue weighted by atomic mass is 9.95. The Labute approximate surface area is 295 Å². The second-order valence-corrected chi connectivity index (χ2v) is 17.2. The number of halogens is 1. The smallest absolute Gasteiger partial charge is 0.233 e. The van der Waals surface area contributed by atoms with Crippen LogP contribution in [-0.2, 0) is 0 Å². The Balaban J connectivity index is 1.01. The van der Waals surface area contributed by atoms with E-state index in [2.05, 4.69) is 151 Å². The van der Waals surface area contributed by atoms with E-state index in [1.165, 1.54) is 23.4 Å². The maximum Gasteiger partial charge on any atom is 0.233 e. The molecule has 3 heterocycles. The Morgan fingerprint density at radius 3 is 2.12 bits per heavy atom. The van der Waals surface area contributed by atoms with E-state index in [0.717, 1.165) is 72.8 Å². The van der Waals surface area contributed by atoms with Gasteiger partial charge in [-0.25, -0.2) is 15.0 Å². The van der Waals surface area contributed by atoms with E-state index in [4.69, 9.17) is 19.4 Å². The van der Waals surface area contributed by atoms with Gasteiger partial charge < -0.3 is 4.42 Å². The van der Waals surface area contributed by atoms with E-state index in [1.54, 1.807) is 0 Å². The summed E-state index contributed by atoms with van der Waals surface area (Å²) < 4.78 is 13.5. The van der Waals surface area contributed by atoms with Crippen LogP contribution in [0.25, 0.3) is 67.1 Å². The van der Waals surface area contributed by atoms with Gasteiger partial charge in [0.05, 0.1) is 20.3 Å². The van der Waals surface area contributed by atoms with Crippen molar-refractivity contribution < 1.29 is 4.42 Å². The molecule has 4 nitrogen and oxygen atoms in total. The van der Waals surface area contributed by atoms with Gasteiger partial charge in [0.15, 0.2) is 5.82 Å². The number of para-hydroxylation sites is 1. The molecule has 10 rings (SSSR count). The Morgan fingerprint density at radius 1 is 0.600 bits per heavy atom. The summed E-state index contributed by atoms with van der Waals surface area (Å²) in [7, 11) is 0. The number of benzene rings is 6. The van der Waals surface area contributed by atoms with Gasteiger partial charge >= 0.3 is 0 Å². The third-order valence-electron chi connectivity index (χ3n) is 9.94. The lowest BCUT2D eigenvalue weighted by Gasteiger charge is -2.14. The molecule has 0 bridgehead atoms. The summed E-state index contributed by atoms with van der Waals surface area (Å²) in [5, 5.41) is 2.13. The summed E-state index contributed by atoms with van der Waals surface area (Å²) >= 11 is -1.85. The molecule has 0 radical (unpaired) electrons. The number of nitrogens with zero attached hydrogens (tertiary/aromatic N) is 3. The predicted molar refractivity (Wildman–Crippen MR) is 212 cm³/mol. The summed E-state index contributed by atoms with van der Waals surface area (Å²) in [6.45, 7) is 2.26. The molecule has 1 aliphatic carbocycles. The van der Waals surface area contributed by atoms with E-state index in [0.29, 0.717) is 0 Å². The van der Waals surface area contributed by atoms with Gasteiger partial charge in [-0.15, -0.1) is 18.9 Å². The van der Waals surface area contributed by atoms with Crippen LogP contribution in [-0.4, -0.2) is 14.5 Å². The molecule has 238 valence electrons. The first-order valence-electron chi connectivity index (χ1n) is 16.7. The lowest BCUT2D eigenvalue weighted by molar-refractivity contribution is 0.620. The van der Waals surface area contributed by atoms with E-state index in [9.17, 15) is 0 Å². The Morgan fingerprint density at radius 2 is 1.26 bits per heavy atom. The molecule has 8 aromatic rings. The highest BCUT2D eigenvalue weighted by Gasteiger charge is 2.31. The van der Waals surface area contributed by atoms with Crippen molar-refractivity contribution in [3.8, 4) is 56.2 Å². The van der Waals surface area contributed by atoms with Crippen molar-refractivity contribution in [2.45, 2.75) is 12.8 Å². The number of aromatic nitrogens is 2. The van der Waals surface area contributed by atoms with Gasteiger partial charge in [-0.3, -0.25) is 0 Å². The second-order valence-electron chi connectivity index (χ2n) is 12.8. The Hall–Kier alpha value is -5.66. The van der Waals surface area contributed by atoms with Gasteiger partial charge in [0.25, 0.3) is 0 Å². The van der Waals surface area contributed by atoms with Crippen LogP contribution in [0, 0.1) is 6.72 Å². The average molecular weight is 756 g/mol. The number of furan rings is 1. The van der Waals surface area contributed by atoms with Crippen molar-refractivity contribution >= 4 is 40.2 Å². The molecule has 6 aromatic carbocycles. The Kier molecular flexibility index (Phi) is 6.71. The fraction of sp³-hybridized carbons (Fsp3) is 0.0444. The molecule has 0 saturated carbocycles. The molecule has 2 aliphatic rings. The zero-order chi connectivity index (χ0) is 33.3. The zero-order valence-electron chi connectivity index (χ0n) is 27.3. The van der Waals surface area contributed by atoms with Crippen molar-refractivity contribution in [1.29, 1.82) is 0 Å². The molecule has 2 aromatic heterocycles. The first kappa shape index (κ1) is 29.3. The lowest BCUT2D eigenvalue weighted by Crippen LogP contribution is -2.03. The van der Waals surface area contributed by atoms with Crippen LogP contribution in [0.5, 0.6) is 0 Å². The van der Waals surface area contributed by atoms with E-state index in [1.807, 2.05) is 6.07 Å². The van der Waals surface area contributed by atoms with Crippen LogP contribution >= 0.6 is 18.9 Å². The maximum absolute atomic E-state index is 6.36. The van der Waals surface area contributed by atoms with E-state index < -0.39 is 18.9 Å². The van der Waals surface area contributed by atoms with Crippen molar-refractivity contribution in [1.82, 2.24) is 9.97 Å². The van der Waals surface area contributed by atoms with Crippen molar-refractivity contribution in [2.75, 3.05) is 0 Å². The third-order valence-corrected chi connectivity index (χ3v) is 14.6. The summed E-state index contributed by atoms with van der Waals surface area (Å²) in [5.74, 6) is 1.70. The summed E-state index contributed by atoms with van der Waals surface area (Å²) in [5.41, 5.74) is 13.3. The summed E-state index contributed by atoms with van der Waals surface area (Å²) in [4.78, 5) is 15.3. The van der Waals surface area contributed by atoms with Crippen LogP contribution in [0.1, 0.15) is 24.0 Å². The number of hydrogen-bond acceptors (Lipinski definition) is 4. The third kappa shape index (κ3) is 4.61. The first-order chi connectivity index (χ1) is 24.6. The number of fused-ring (bicyclic) bond motifs is 7. The minimum Gasteiger partial charge on any atom is -0.437 e. The average Bonchev–Trinajstić information content (AvgIpc) is 3.69. The SMILES string of the molecule is C=I1=c2ccccc2=Nc2oc3cc(-c4cccc(-c5ccc(-c6nc(-c7ccccc7)c7c(n6)-c6ccccc6[C@@H]7C)cc5)c4)ccc3c21. The maximum atomic E-state index is 6.36. The molecule has 50 heavy (non-hydrogen) atoms. The summed E-state index contributed by atoms with van der Waals surface area (Å²) in [6.07, 6.45) is 0. The second kappa shape index (κ2) is 11.5. The Bertz CT molecular complexity index is 2850. The molecular formula is C45H30IN3O.